The van der Waals surface area contributed by atoms with Gasteiger partial charge in [0.25, 0.3) is 0 Å². The molecule has 1 saturated heterocycles. The van der Waals surface area contributed by atoms with E-state index in [1.807, 2.05) is 0 Å². The monoisotopic (exact) mass is 130 g/mol. The molecule has 1 aliphatic heterocycles. The van der Waals surface area contributed by atoms with Gasteiger partial charge >= 0.3 is 0 Å². The molecule has 0 aromatic heterocycles. The van der Waals surface area contributed by atoms with Gasteiger partial charge in [0.1, 0.15) is 0 Å². The molecule has 0 bridgehead atoms. The van der Waals surface area contributed by atoms with E-state index >= 15 is 0 Å². The lowest BCUT2D eigenvalue weighted by Gasteiger charge is -2.08. The molecule has 0 aromatic rings. The van der Waals surface area contributed by atoms with Crippen molar-refractivity contribution in [3.63, 3.8) is 0 Å². The van der Waals surface area contributed by atoms with Crippen molar-refractivity contribution in [3.8, 4) is 0 Å². The van der Waals surface area contributed by atoms with Gasteiger partial charge in [-0.1, -0.05) is 13.3 Å². The summed E-state index contributed by atoms with van der Waals surface area (Å²) in [7, 11) is 0. The highest BCUT2D eigenvalue weighted by Crippen LogP contribution is 2.18. The Morgan fingerprint density at radius 2 is 2.33 bits per heavy atom. The lowest BCUT2D eigenvalue weighted by atomic mass is 10.0. The van der Waals surface area contributed by atoms with Crippen molar-refractivity contribution in [1.29, 1.82) is 0 Å². The number of aliphatic hydroxyl groups is 1. The molecule has 1 fully saturated rings. The summed E-state index contributed by atoms with van der Waals surface area (Å²) in [4.78, 5) is 0. The normalized spacial score (nSPS) is 35.3. The Balaban J connectivity index is 2.22. The molecule has 0 aromatic carbocycles. The van der Waals surface area contributed by atoms with E-state index < -0.39 is 0 Å². The average molecular weight is 130 g/mol. The fourth-order valence-electron chi connectivity index (χ4n) is 1.23. The first-order valence-electron chi connectivity index (χ1n) is 3.60. The van der Waals surface area contributed by atoms with Crippen LogP contribution in [0, 0.1) is 5.92 Å². The molecule has 0 saturated carbocycles. The first-order chi connectivity index (χ1) is 4.34. The van der Waals surface area contributed by atoms with E-state index in [-0.39, 0.29) is 6.10 Å². The summed E-state index contributed by atoms with van der Waals surface area (Å²) >= 11 is 0. The molecule has 1 aliphatic rings. The Labute approximate surface area is 55.8 Å². The first kappa shape index (κ1) is 7.03. The predicted molar refractivity (Wildman–Crippen MR) is 35.2 cm³/mol. The predicted octanol–water partition coefficient (Wildman–Crippen LogP) is 0.794. The zero-order chi connectivity index (χ0) is 6.69. The average Bonchev–Trinajstić information content (AvgIpc) is 2.18. The highest BCUT2D eigenvalue weighted by atomic mass is 16.5. The Hall–Kier alpha value is -0.0800. The van der Waals surface area contributed by atoms with Crippen LogP contribution in [-0.2, 0) is 4.74 Å². The molecule has 1 heterocycles. The topological polar surface area (TPSA) is 29.5 Å². The van der Waals surface area contributed by atoms with Crippen LogP contribution in [0.3, 0.4) is 0 Å². The summed E-state index contributed by atoms with van der Waals surface area (Å²) < 4.78 is 5.07. The molecular formula is C7H14O2. The van der Waals surface area contributed by atoms with E-state index in [2.05, 4.69) is 6.92 Å². The quantitative estimate of drug-likeness (QED) is 0.599. The lowest BCUT2D eigenvalue weighted by molar-refractivity contribution is 0.117. The second kappa shape index (κ2) is 3.18. The molecule has 0 radical (unpaired) electrons. The number of rotatable bonds is 2. The third-order valence-corrected chi connectivity index (χ3v) is 1.82. The molecule has 2 nitrogen and oxygen atoms in total. The Kier molecular flexibility index (Phi) is 2.49. The van der Waals surface area contributed by atoms with Gasteiger partial charge in [0.05, 0.1) is 19.3 Å². The van der Waals surface area contributed by atoms with Crippen molar-refractivity contribution in [2.45, 2.75) is 25.9 Å². The molecule has 1 N–H and O–H groups in total. The molecule has 1 rings (SSSR count). The van der Waals surface area contributed by atoms with E-state index in [0.717, 1.165) is 19.4 Å². The minimum Gasteiger partial charge on any atom is -0.390 e. The summed E-state index contributed by atoms with van der Waals surface area (Å²) in [6, 6.07) is 0. The van der Waals surface area contributed by atoms with Crippen LogP contribution in [0.15, 0.2) is 0 Å². The number of hydrogen-bond donors (Lipinski definition) is 1. The van der Waals surface area contributed by atoms with Gasteiger partial charge in [-0.3, -0.25) is 0 Å². The molecule has 9 heavy (non-hydrogen) atoms. The maximum atomic E-state index is 9.20. The van der Waals surface area contributed by atoms with Crippen LogP contribution in [0.2, 0.25) is 0 Å². The standard InChI is InChI=1S/C7H14O2/c1-2-3-6-4-9-5-7(6)8/h6-8H,2-5H2,1H3/t6-,7-/m1/s1. The lowest BCUT2D eigenvalue weighted by Crippen LogP contribution is -2.16. The molecule has 54 valence electrons. The van der Waals surface area contributed by atoms with Gasteiger partial charge in [-0.15, -0.1) is 0 Å². The van der Waals surface area contributed by atoms with Crippen molar-refractivity contribution in [2.75, 3.05) is 13.2 Å². The summed E-state index contributed by atoms with van der Waals surface area (Å²) in [5, 5.41) is 9.20. The van der Waals surface area contributed by atoms with Crippen molar-refractivity contribution < 1.29 is 9.84 Å². The zero-order valence-electron chi connectivity index (χ0n) is 5.84. The second-order valence-corrected chi connectivity index (χ2v) is 2.65. The first-order valence-corrected chi connectivity index (χ1v) is 3.60. The van der Waals surface area contributed by atoms with Gasteiger partial charge in [0.15, 0.2) is 0 Å². The van der Waals surface area contributed by atoms with Gasteiger partial charge in [0.2, 0.25) is 0 Å². The van der Waals surface area contributed by atoms with E-state index in [4.69, 9.17) is 4.74 Å². The Morgan fingerprint density at radius 3 is 2.78 bits per heavy atom. The minimum atomic E-state index is -0.190. The fraction of sp³-hybridized carbons (Fsp3) is 1.00. The maximum Gasteiger partial charge on any atom is 0.0823 e. The second-order valence-electron chi connectivity index (χ2n) is 2.65. The van der Waals surface area contributed by atoms with Gasteiger partial charge in [-0.05, 0) is 6.42 Å². The van der Waals surface area contributed by atoms with Crippen LogP contribution in [0.1, 0.15) is 19.8 Å². The SMILES string of the molecule is CCC[C@@H]1COC[C@H]1O. The minimum absolute atomic E-state index is 0.190. The van der Waals surface area contributed by atoms with Crippen LogP contribution in [-0.4, -0.2) is 24.4 Å². The van der Waals surface area contributed by atoms with Crippen molar-refractivity contribution in [1.82, 2.24) is 0 Å². The molecule has 2 heteroatoms. The Morgan fingerprint density at radius 1 is 1.56 bits per heavy atom. The third kappa shape index (κ3) is 1.66. The number of aliphatic hydroxyl groups excluding tert-OH is 1. The van der Waals surface area contributed by atoms with Gasteiger partial charge < -0.3 is 9.84 Å². The number of ether oxygens (including phenoxy) is 1. The van der Waals surface area contributed by atoms with Crippen LogP contribution < -0.4 is 0 Å². The summed E-state index contributed by atoms with van der Waals surface area (Å²) in [6.45, 7) is 3.44. The van der Waals surface area contributed by atoms with Crippen molar-refractivity contribution >= 4 is 0 Å². The summed E-state index contributed by atoms with van der Waals surface area (Å²) in [5.41, 5.74) is 0. The van der Waals surface area contributed by atoms with E-state index in [1.165, 1.54) is 0 Å². The molecule has 0 spiro atoms. The van der Waals surface area contributed by atoms with Gasteiger partial charge in [-0.2, -0.15) is 0 Å². The Bertz CT molecular complexity index is 83.0. The van der Waals surface area contributed by atoms with Crippen LogP contribution >= 0.6 is 0 Å². The molecule has 0 unspecified atom stereocenters. The maximum absolute atomic E-state index is 9.20. The number of hydrogen-bond acceptors (Lipinski definition) is 2. The zero-order valence-corrected chi connectivity index (χ0v) is 5.84. The van der Waals surface area contributed by atoms with Crippen LogP contribution in [0.25, 0.3) is 0 Å². The molecular weight excluding hydrogens is 116 g/mol. The highest BCUT2D eigenvalue weighted by Gasteiger charge is 2.24. The van der Waals surface area contributed by atoms with E-state index in [0.29, 0.717) is 12.5 Å². The molecule has 0 aliphatic carbocycles. The largest absolute Gasteiger partial charge is 0.390 e. The molecule has 2 atom stereocenters. The van der Waals surface area contributed by atoms with Gasteiger partial charge in [0, 0.05) is 5.92 Å². The highest BCUT2D eigenvalue weighted by molar-refractivity contribution is 4.72. The van der Waals surface area contributed by atoms with Crippen molar-refractivity contribution in [3.05, 3.63) is 0 Å². The third-order valence-electron chi connectivity index (χ3n) is 1.82. The summed E-state index contributed by atoms with van der Waals surface area (Å²) in [5.74, 6) is 0.412. The van der Waals surface area contributed by atoms with Crippen molar-refractivity contribution in [2.24, 2.45) is 5.92 Å². The van der Waals surface area contributed by atoms with E-state index in [1.54, 1.807) is 0 Å². The fourth-order valence-corrected chi connectivity index (χ4v) is 1.23. The van der Waals surface area contributed by atoms with Crippen LogP contribution in [0.5, 0.6) is 0 Å². The van der Waals surface area contributed by atoms with Gasteiger partial charge in [-0.25, -0.2) is 0 Å². The van der Waals surface area contributed by atoms with E-state index in [9.17, 15) is 5.11 Å². The summed E-state index contributed by atoms with van der Waals surface area (Å²) in [6.07, 6.45) is 2.05. The molecule has 0 amide bonds. The van der Waals surface area contributed by atoms with Crippen LogP contribution in [0.4, 0.5) is 0 Å². The smallest absolute Gasteiger partial charge is 0.0823 e.